The molecule has 0 N–H and O–H groups in total. The minimum absolute atomic E-state index is 0.332. The van der Waals surface area contributed by atoms with Crippen LogP contribution in [0.2, 0.25) is 0 Å². The van der Waals surface area contributed by atoms with Crippen LogP contribution in [-0.2, 0) is 4.74 Å². The van der Waals surface area contributed by atoms with E-state index in [1.807, 2.05) is 42.5 Å². The number of rotatable bonds is 3. The van der Waals surface area contributed by atoms with Gasteiger partial charge < -0.3 is 9.64 Å². The molecule has 1 aliphatic heterocycles. The molecule has 2 aromatic carbocycles. The number of carbonyl (C=O) groups is 1. The molecule has 3 rings (SSSR count). The molecule has 4 nitrogen and oxygen atoms in total. The van der Waals surface area contributed by atoms with Crippen LogP contribution in [0, 0.1) is 11.3 Å². The van der Waals surface area contributed by atoms with Crippen molar-refractivity contribution in [2.45, 2.75) is 19.3 Å². The Kier molecular flexibility index (Phi) is 5.15. The molecule has 1 saturated heterocycles. The molecule has 0 bridgehead atoms. The van der Waals surface area contributed by atoms with E-state index < -0.39 is 0 Å². The maximum Gasteiger partial charge on any atom is 0.415 e. The number of benzene rings is 2. The smallest absolute Gasteiger partial charge is 0.410 e. The molecular weight excluding hydrogens is 312 g/mol. The molecule has 126 valence electrons. The van der Waals surface area contributed by atoms with Gasteiger partial charge in [0.2, 0.25) is 0 Å². The van der Waals surface area contributed by atoms with Crippen LogP contribution in [-0.4, -0.2) is 24.1 Å². The standard InChI is InChI=1S/C21H20N2O2/c1-16(25-21(24)23-11-3-2-4-12-23)18-8-6-10-20(14-18)19-9-5-7-17(13-19)15-22/h5-10,13-14H,1-4,11-12H2. The predicted octanol–water partition coefficient (Wildman–Crippen LogP) is 4.82. The molecule has 0 radical (unpaired) electrons. The zero-order valence-corrected chi connectivity index (χ0v) is 14.1. The summed E-state index contributed by atoms with van der Waals surface area (Å²) in [6, 6.07) is 17.2. The second kappa shape index (κ2) is 7.67. The van der Waals surface area contributed by atoms with Crippen molar-refractivity contribution in [1.29, 1.82) is 5.26 Å². The first kappa shape index (κ1) is 16.8. The monoisotopic (exact) mass is 332 g/mol. The van der Waals surface area contributed by atoms with Gasteiger partial charge in [-0.3, -0.25) is 0 Å². The Hall–Kier alpha value is -3.06. The second-order valence-electron chi connectivity index (χ2n) is 6.11. The summed E-state index contributed by atoms with van der Waals surface area (Å²) < 4.78 is 5.45. The van der Waals surface area contributed by atoms with Crippen molar-refractivity contribution in [3.8, 4) is 17.2 Å². The van der Waals surface area contributed by atoms with Crippen LogP contribution in [0.25, 0.3) is 16.9 Å². The molecule has 1 aliphatic rings. The maximum atomic E-state index is 12.2. The van der Waals surface area contributed by atoms with E-state index in [2.05, 4.69) is 12.6 Å². The van der Waals surface area contributed by atoms with Crippen molar-refractivity contribution in [3.63, 3.8) is 0 Å². The van der Waals surface area contributed by atoms with E-state index in [1.165, 1.54) is 0 Å². The van der Waals surface area contributed by atoms with Gasteiger partial charge in [-0.25, -0.2) is 4.79 Å². The summed E-state index contributed by atoms with van der Waals surface area (Å²) in [7, 11) is 0. The Balaban J connectivity index is 1.75. The summed E-state index contributed by atoms with van der Waals surface area (Å²) in [6.07, 6.45) is 2.87. The van der Waals surface area contributed by atoms with Crippen LogP contribution in [0.4, 0.5) is 4.79 Å². The van der Waals surface area contributed by atoms with Gasteiger partial charge in [0.05, 0.1) is 11.6 Å². The molecule has 0 saturated carbocycles. The lowest BCUT2D eigenvalue weighted by Crippen LogP contribution is -2.35. The average Bonchev–Trinajstić information content (AvgIpc) is 2.68. The predicted molar refractivity (Wildman–Crippen MR) is 97.5 cm³/mol. The highest BCUT2D eigenvalue weighted by atomic mass is 16.6. The summed E-state index contributed by atoms with van der Waals surface area (Å²) in [5, 5.41) is 9.05. The van der Waals surface area contributed by atoms with E-state index in [0.717, 1.165) is 49.0 Å². The molecule has 0 atom stereocenters. The van der Waals surface area contributed by atoms with Gasteiger partial charge in [-0.2, -0.15) is 5.26 Å². The third kappa shape index (κ3) is 4.07. The Morgan fingerprint density at radius 3 is 2.44 bits per heavy atom. The van der Waals surface area contributed by atoms with Crippen LogP contribution >= 0.6 is 0 Å². The number of likely N-dealkylation sites (tertiary alicyclic amines) is 1. The lowest BCUT2D eigenvalue weighted by Gasteiger charge is -2.26. The highest BCUT2D eigenvalue weighted by molar-refractivity contribution is 5.78. The van der Waals surface area contributed by atoms with Crippen molar-refractivity contribution in [1.82, 2.24) is 4.90 Å². The first-order chi connectivity index (χ1) is 12.2. The molecule has 2 aromatic rings. The Bertz CT molecular complexity index is 830. The van der Waals surface area contributed by atoms with Crippen molar-refractivity contribution >= 4 is 11.9 Å². The fourth-order valence-electron chi connectivity index (χ4n) is 2.95. The molecule has 1 fully saturated rings. The molecule has 0 aliphatic carbocycles. The Morgan fingerprint density at radius 2 is 1.72 bits per heavy atom. The van der Waals surface area contributed by atoms with Crippen LogP contribution in [0.5, 0.6) is 0 Å². The summed E-state index contributed by atoms with van der Waals surface area (Å²) >= 11 is 0. The third-order valence-corrected chi connectivity index (χ3v) is 4.33. The number of ether oxygens (including phenoxy) is 1. The van der Waals surface area contributed by atoms with Gasteiger partial charge in [0.1, 0.15) is 5.76 Å². The quantitative estimate of drug-likeness (QED) is 0.757. The van der Waals surface area contributed by atoms with Crippen LogP contribution in [0.3, 0.4) is 0 Å². The molecule has 1 heterocycles. The van der Waals surface area contributed by atoms with Gasteiger partial charge in [-0.1, -0.05) is 36.9 Å². The number of nitriles is 1. The lowest BCUT2D eigenvalue weighted by atomic mass is 10.0. The summed E-state index contributed by atoms with van der Waals surface area (Å²) in [5.41, 5.74) is 3.25. The average molecular weight is 332 g/mol. The third-order valence-electron chi connectivity index (χ3n) is 4.33. The fraction of sp³-hybridized carbons (Fsp3) is 0.238. The lowest BCUT2D eigenvalue weighted by molar-refractivity contribution is 0.134. The highest BCUT2D eigenvalue weighted by Gasteiger charge is 2.19. The molecule has 1 amide bonds. The van der Waals surface area contributed by atoms with E-state index in [4.69, 9.17) is 10.00 Å². The van der Waals surface area contributed by atoms with Gasteiger partial charge in [0.15, 0.2) is 0 Å². The molecule has 4 heteroatoms. The van der Waals surface area contributed by atoms with Crippen LogP contribution in [0.15, 0.2) is 55.1 Å². The largest absolute Gasteiger partial charge is 0.415 e. The Labute approximate surface area is 148 Å². The van der Waals surface area contributed by atoms with Gasteiger partial charge >= 0.3 is 6.09 Å². The van der Waals surface area contributed by atoms with Crippen molar-refractivity contribution < 1.29 is 9.53 Å². The zero-order valence-electron chi connectivity index (χ0n) is 14.1. The van der Waals surface area contributed by atoms with E-state index in [-0.39, 0.29) is 6.09 Å². The van der Waals surface area contributed by atoms with Gasteiger partial charge in [-0.15, -0.1) is 0 Å². The van der Waals surface area contributed by atoms with Crippen LogP contribution in [0.1, 0.15) is 30.4 Å². The molecular formula is C21H20N2O2. The molecule has 0 unspecified atom stereocenters. The van der Waals surface area contributed by atoms with E-state index in [1.54, 1.807) is 11.0 Å². The number of carbonyl (C=O) groups excluding carboxylic acids is 1. The highest BCUT2D eigenvalue weighted by Crippen LogP contribution is 2.25. The minimum Gasteiger partial charge on any atom is -0.410 e. The number of piperidine rings is 1. The first-order valence-corrected chi connectivity index (χ1v) is 8.44. The second-order valence-corrected chi connectivity index (χ2v) is 6.11. The fourth-order valence-corrected chi connectivity index (χ4v) is 2.95. The summed E-state index contributed by atoms with van der Waals surface area (Å²) in [5.74, 6) is 0.342. The van der Waals surface area contributed by atoms with Gasteiger partial charge in [0, 0.05) is 18.7 Å². The first-order valence-electron chi connectivity index (χ1n) is 8.44. The van der Waals surface area contributed by atoms with Crippen molar-refractivity contribution in [2.24, 2.45) is 0 Å². The van der Waals surface area contributed by atoms with E-state index in [0.29, 0.717) is 11.3 Å². The molecule has 0 spiro atoms. The number of hydrogen-bond donors (Lipinski definition) is 0. The Morgan fingerprint density at radius 1 is 1.04 bits per heavy atom. The molecule has 25 heavy (non-hydrogen) atoms. The number of hydrogen-bond acceptors (Lipinski definition) is 3. The van der Waals surface area contributed by atoms with Gasteiger partial charge in [0.25, 0.3) is 0 Å². The normalized spacial score (nSPS) is 13.8. The SMILES string of the molecule is C=C(OC(=O)N1CCCCC1)c1cccc(-c2cccc(C#N)c2)c1. The van der Waals surface area contributed by atoms with Crippen LogP contribution < -0.4 is 0 Å². The van der Waals surface area contributed by atoms with E-state index >= 15 is 0 Å². The van der Waals surface area contributed by atoms with Crippen molar-refractivity contribution in [3.05, 3.63) is 66.2 Å². The minimum atomic E-state index is -0.332. The summed E-state index contributed by atoms with van der Waals surface area (Å²) in [4.78, 5) is 14.0. The summed E-state index contributed by atoms with van der Waals surface area (Å²) in [6.45, 7) is 5.39. The number of amides is 1. The van der Waals surface area contributed by atoms with E-state index in [9.17, 15) is 4.79 Å². The topological polar surface area (TPSA) is 53.3 Å². The number of nitrogens with zero attached hydrogens (tertiary/aromatic N) is 2. The molecule has 0 aromatic heterocycles. The maximum absolute atomic E-state index is 12.2. The van der Waals surface area contributed by atoms with Crippen molar-refractivity contribution in [2.75, 3.05) is 13.1 Å². The zero-order chi connectivity index (χ0) is 17.6. The van der Waals surface area contributed by atoms with Gasteiger partial charge in [-0.05, 0) is 48.6 Å².